The Morgan fingerprint density at radius 1 is 0.548 bits per heavy atom. The van der Waals surface area contributed by atoms with Crippen molar-refractivity contribution in [1.29, 1.82) is 0 Å². The second-order valence-corrected chi connectivity index (χ2v) is 7.84. The molecular weight excluding hydrogens is 376 g/mol. The topological polar surface area (TPSA) is 15.3 Å². The fourth-order valence-electron chi connectivity index (χ4n) is 4.05. The zero-order valence-electron chi connectivity index (χ0n) is 17.9. The van der Waals surface area contributed by atoms with E-state index in [1.165, 1.54) is 22.3 Å². The van der Waals surface area contributed by atoms with E-state index in [1.54, 1.807) is 0 Å². The number of benzene rings is 4. The summed E-state index contributed by atoms with van der Waals surface area (Å²) in [7, 11) is 0. The van der Waals surface area contributed by atoms with Crippen molar-refractivity contribution in [3.8, 4) is 0 Å². The first-order valence-electron chi connectivity index (χ1n) is 11.0. The minimum atomic E-state index is 0.209. The molecule has 0 bridgehead atoms. The second kappa shape index (κ2) is 11.3. The lowest BCUT2D eigenvalue weighted by atomic mass is 9.96. The molecule has 156 valence electrons. The van der Waals surface area contributed by atoms with E-state index in [0.29, 0.717) is 0 Å². The molecule has 0 aromatic heterocycles. The summed E-state index contributed by atoms with van der Waals surface area (Å²) in [6, 6.07) is 43.3. The number of nitrogens with one attached hydrogen (secondary N) is 1. The van der Waals surface area contributed by atoms with Crippen LogP contribution in [-0.2, 0) is 13.1 Å². The van der Waals surface area contributed by atoms with Gasteiger partial charge in [-0.15, -0.1) is 0 Å². The van der Waals surface area contributed by atoms with E-state index in [4.69, 9.17) is 0 Å². The molecule has 4 rings (SSSR count). The van der Waals surface area contributed by atoms with Gasteiger partial charge in [-0.05, 0) is 22.3 Å². The van der Waals surface area contributed by atoms with Gasteiger partial charge in [0.1, 0.15) is 0 Å². The zero-order chi connectivity index (χ0) is 21.1. The van der Waals surface area contributed by atoms with Crippen LogP contribution in [-0.4, -0.2) is 18.0 Å². The van der Waals surface area contributed by atoms with Gasteiger partial charge >= 0.3 is 0 Å². The number of hydrogen-bond donors (Lipinski definition) is 1. The molecule has 1 N–H and O–H groups in total. The van der Waals surface area contributed by atoms with Crippen LogP contribution in [0.15, 0.2) is 121 Å². The summed E-state index contributed by atoms with van der Waals surface area (Å²) >= 11 is 0. The SMILES string of the molecule is c1ccc(CNCCN(Cc2ccccc2)C(c2ccccc2)c2ccccc2)cc1. The van der Waals surface area contributed by atoms with Gasteiger partial charge in [-0.1, -0.05) is 121 Å². The van der Waals surface area contributed by atoms with Gasteiger partial charge < -0.3 is 5.32 Å². The molecule has 0 aliphatic rings. The van der Waals surface area contributed by atoms with Crippen LogP contribution in [0.2, 0.25) is 0 Å². The van der Waals surface area contributed by atoms with Crippen LogP contribution in [0.4, 0.5) is 0 Å². The average Bonchev–Trinajstić information content (AvgIpc) is 2.84. The van der Waals surface area contributed by atoms with Crippen molar-refractivity contribution in [1.82, 2.24) is 10.2 Å². The Kier molecular flexibility index (Phi) is 7.65. The zero-order valence-corrected chi connectivity index (χ0v) is 17.9. The van der Waals surface area contributed by atoms with Gasteiger partial charge in [0.25, 0.3) is 0 Å². The molecule has 4 aromatic carbocycles. The predicted molar refractivity (Wildman–Crippen MR) is 130 cm³/mol. The van der Waals surface area contributed by atoms with Gasteiger partial charge in [0.05, 0.1) is 6.04 Å². The van der Waals surface area contributed by atoms with Crippen molar-refractivity contribution in [2.24, 2.45) is 0 Å². The molecule has 0 aliphatic carbocycles. The molecule has 0 radical (unpaired) electrons. The van der Waals surface area contributed by atoms with E-state index in [2.05, 4.69) is 132 Å². The molecule has 4 aromatic rings. The average molecular weight is 407 g/mol. The van der Waals surface area contributed by atoms with E-state index in [-0.39, 0.29) is 6.04 Å². The van der Waals surface area contributed by atoms with Gasteiger partial charge in [-0.25, -0.2) is 0 Å². The highest BCUT2D eigenvalue weighted by atomic mass is 15.2. The lowest BCUT2D eigenvalue weighted by molar-refractivity contribution is 0.216. The number of nitrogens with zero attached hydrogens (tertiary/aromatic N) is 1. The molecule has 0 fully saturated rings. The third-order valence-corrected chi connectivity index (χ3v) is 5.57. The molecule has 0 unspecified atom stereocenters. The van der Waals surface area contributed by atoms with E-state index in [1.807, 2.05) is 0 Å². The maximum absolute atomic E-state index is 3.63. The minimum Gasteiger partial charge on any atom is -0.311 e. The Bertz CT molecular complexity index is 962. The van der Waals surface area contributed by atoms with E-state index < -0.39 is 0 Å². The Labute approximate surface area is 186 Å². The highest BCUT2D eigenvalue weighted by Gasteiger charge is 2.22. The lowest BCUT2D eigenvalue weighted by Crippen LogP contribution is -2.35. The molecule has 0 heterocycles. The normalized spacial score (nSPS) is 11.2. The molecule has 0 amide bonds. The lowest BCUT2D eigenvalue weighted by Gasteiger charge is -2.33. The molecule has 2 heteroatoms. The molecule has 0 atom stereocenters. The van der Waals surface area contributed by atoms with Gasteiger partial charge in [-0.3, -0.25) is 4.90 Å². The molecule has 0 saturated heterocycles. The van der Waals surface area contributed by atoms with Crippen LogP contribution in [0, 0.1) is 0 Å². The predicted octanol–water partition coefficient (Wildman–Crippen LogP) is 6.07. The van der Waals surface area contributed by atoms with Crippen molar-refractivity contribution >= 4 is 0 Å². The first-order valence-corrected chi connectivity index (χ1v) is 11.0. The van der Waals surface area contributed by atoms with Crippen LogP contribution in [0.25, 0.3) is 0 Å². The van der Waals surface area contributed by atoms with Crippen LogP contribution in [0.1, 0.15) is 28.3 Å². The molecular formula is C29H30N2. The summed E-state index contributed by atoms with van der Waals surface area (Å²) in [6.45, 7) is 3.68. The Hall–Kier alpha value is -3.20. The largest absolute Gasteiger partial charge is 0.311 e. The van der Waals surface area contributed by atoms with Gasteiger partial charge in [0.2, 0.25) is 0 Å². The van der Waals surface area contributed by atoms with Crippen LogP contribution >= 0.6 is 0 Å². The van der Waals surface area contributed by atoms with Gasteiger partial charge in [0, 0.05) is 26.2 Å². The Morgan fingerprint density at radius 3 is 1.52 bits per heavy atom. The molecule has 31 heavy (non-hydrogen) atoms. The minimum absolute atomic E-state index is 0.209. The van der Waals surface area contributed by atoms with Crippen molar-refractivity contribution in [2.45, 2.75) is 19.1 Å². The summed E-state index contributed by atoms with van der Waals surface area (Å²) < 4.78 is 0. The van der Waals surface area contributed by atoms with Gasteiger partial charge in [0.15, 0.2) is 0 Å². The molecule has 0 aliphatic heterocycles. The van der Waals surface area contributed by atoms with Crippen LogP contribution in [0.5, 0.6) is 0 Å². The maximum Gasteiger partial charge on any atom is 0.0605 e. The first kappa shape index (κ1) is 21.0. The highest BCUT2D eigenvalue weighted by molar-refractivity contribution is 5.32. The van der Waals surface area contributed by atoms with Crippen molar-refractivity contribution in [3.63, 3.8) is 0 Å². The smallest absolute Gasteiger partial charge is 0.0605 e. The fourth-order valence-corrected chi connectivity index (χ4v) is 4.05. The summed E-state index contributed by atoms with van der Waals surface area (Å²) in [4.78, 5) is 2.58. The summed E-state index contributed by atoms with van der Waals surface area (Å²) in [5.41, 5.74) is 5.31. The molecule has 0 saturated carbocycles. The van der Waals surface area contributed by atoms with Crippen LogP contribution in [0.3, 0.4) is 0 Å². The monoisotopic (exact) mass is 406 g/mol. The number of rotatable bonds is 10. The van der Waals surface area contributed by atoms with Crippen LogP contribution < -0.4 is 5.32 Å². The van der Waals surface area contributed by atoms with E-state index in [0.717, 1.165) is 26.2 Å². The summed E-state index contributed by atoms with van der Waals surface area (Å²) in [5, 5.41) is 3.63. The maximum atomic E-state index is 3.63. The van der Waals surface area contributed by atoms with Crippen molar-refractivity contribution in [3.05, 3.63) is 144 Å². The van der Waals surface area contributed by atoms with Crippen molar-refractivity contribution in [2.75, 3.05) is 13.1 Å². The molecule has 0 spiro atoms. The van der Waals surface area contributed by atoms with E-state index >= 15 is 0 Å². The highest BCUT2D eigenvalue weighted by Crippen LogP contribution is 2.29. The Morgan fingerprint density at radius 2 is 1.00 bits per heavy atom. The summed E-state index contributed by atoms with van der Waals surface area (Å²) in [5.74, 6) is 0. The quantitative estimate of drug-likeness (QED) is 0.322. The number of hydrogen-bond acceptors (Lipinski definition) is 2. The molecule has 2 nitrogen and oxygen atoms in total. The third kappa shape index (κ3) is 6.14. The van der Waals surface area contributed by atoms with E-state index in [9.17, 15) is 0 Å². The third-order valence-electron chi connectivity index (χ3n) is 5.57. The fraction of sp³-hybridized carbons (Fsp3) is 0.172. The van der Waals surface area contributed by atoms with Gasteiger partial charge in [-0.2, -0.15) is 0 Å². The Balaban J connectivity index is 1.56. The van der Waals surface area contributed by atoms with Crippen molar-refractivity contribution < 1.29 is 0 Å². The second-order valence-electron chi connectivity index (χ2n) is 7.84. The standard InChI is InChI=1S/C29H30N2/c1-5-13-25(14-6-1)23-30-21-22-31(24-26-15-7-2-8-16-26)29(27-17-9-3-10-18-27)28-19-11-4-12-20-28/h1-20,29-30H,21-24H2. The summed E-state index contributed by atoms with van der Waals surface area (Å²) in [6.07, 6.45) is 0. The first-order chi connectivity index (χ1) is 15.4.